The molecule has 2 atom stereocenters. The summed E-state index contributed by atoms with van der Waals surface area (Å²) in [4.78, 5) is 45.3. The number of hydrogen-bond acceptors (Lipinski definition) is 6. The Morgan fingerprint density at radius 3 is 1.91 bits per heavy atom. The van der Waals surface area contributed by atoms with E-state index >= 15 is 0 Å². The maximum absolute atomic E-state index is 11.6. The van der Waals surface area contributed by atoms with E-state index in [9.17, 15) is 19.2 Å². The van der Waals surface area contributed by atoms with Gasteiger partial charge in [0, 0.05) is 13.3 Å². The molecule has 126 valence electrons. The van der Waals surface area contributed by atoms with Crippen LogP contribution in [0.4, 0.5) is 0 Å². The van der Waals surface area contributed by atoms with Gasteiger partial charge in [0.1, 0.15) is 11.8 Å². The molecule has 7 nitrogen and oxygen atoms in total. The van der Waals surface area contributed by atoms with Gasteiger partial charge < -0.3 is 19.6 Å². The summed E-state index contributed by atoms with van der Waals surface area (Å²) < 4.78 is 9.30. The van der Waals surface area contributed by atoms with Gasteiger partial charge in [0.2, 0.25) is 5.91 Å². The summed E-state index contributed by atoms with van der Waals surface area (Å²) in [6.45, 7) is 2.76. The van der Waals surface area contributed by atoms with Crippen LogP contribution in [-0.2, 0) is 28.7 Å². The third-order valence-corrected chi connectivity index (χ3v) is 3.23. The molecule has 0 rings (SSSR count). The van der Waals surface area contributed by atoms with Crippen molar-refractivity contribution in [2.24, 2.45) is 5.92 Å². The Hall–Kier alpha value is -1.92. The zero-order chi connectivity index (χ0) is 17.1. The Morgan fingerprint density at radius 2 is 1.45 bits per heavy atom. The summed E-state index contributed by atoms with van der Waals surface area (Å²) in [7, 11) is 2.55. The molecular formula is C15H25NO6. The summed E-state index contributed by atoms with van der Waals surface area (Å²) in [6, 6.07) is -0.688. The topological polar surface area (TPSA) is 98.8 Å². The van der Waals surface area contributed by atoms with Crippen molar-refractivity contribution < 1.29 is 28.7 Å². The lowest BCUT2D eigenvalue weighted by molar-refractivity contribution is -0.147. The van der Waals surface area contributed by atoms with Crippen LogP contribution in [0.5, 0.6) is 0 Å². The highest BCUT2D eigenvalue weighted by molar-refractivity contribution is 5.83. The van der Waals surface area contributed by atoms with Gasteiger partial charge >= 0.3 is 11.9 Å². The molecule has 0 aromatic carbocycles. The highest BCUT2D eigenvalue weighted by Gasteiger charge is 2.22. The van der Waals surface area contributed by atoms with E-state index in [1.807, 2.05) is 0 Å². The smallest absolute Gasteiger partial charge is 0.328 e. The highest BCUT2D eigenvalue weighted by atomic mass is 16.5. The number of Topliss-reactive ketones (excluding diaryl/α,β-unsaturated/α-hetero) is 1. The lowest BCUT2D eigenvalue weighted by atomic mass is 9.95. The van der Waals surface area contributed by atoms with Crippen LogP contribution in [-0.4, -0.2) is 43.9 Å². The second-order valence-corrected chi connectivity index (χ2v) is 5.19. The van der Waals surface area contributed by atoms with Gasteiger partial charge in [-0.05, 0) is 19.8 Å². The second kappa shape index (κ2) is 10.8. The normalized spacial score (nSPS) is 12.9. The summed E-state index contributed by atoms with van der Waals surface area (Å²) >= 11 is 0. The first-order chi connectivity index (χ1) is 10.3. The molecule has 1 N–H and O–H groups in total. The standard InChI is InChI=1S/C15H25NO6/c1-10(17)9-12(14(19)21-3)7-5-6-8-13(15(20)22-4)16-11(2)18/h12-13H,5-9H2,1-4H3,(H,16,18)/t12-,13+/m1/s1. The number of methoxy groups -OCH3 is 2. The van der Waals surface area contributed by atoms with Crippen LogP contribution in [0.25, 0.3) is 0 Å². The second-order valence-electron chi connectivity index (χ2n) is 5.19. The third-order valence-electron chi connectivity index (χ3n) is 3.23. The van der Waals surface area contributed by atoms with Crippen LogP contribution in [0.15, 0.2) is 0 Å². The van der Waals surface area contributed by atoms with Crippen molar-refractivity contribution in [1.29, 1.82) is 0 Å². The predicted octanol–water partition coefficient (Wildman–Crippen LogP) is 0.993. The first kappa shape index (κ1) is 20.1. The maximum Gasteiger partial charge on any atom is 0.328 e. The van der Waals surface area contributed by atoms with Gasteiger partial charge in [-0.25, -0.2) is 4.79 Å². The Balaban J connectivity index is 4.33. The minimum absolute atomic E-state index is 0.0684. The van der Waals surface area contributed by atoms with Crippen molar-refractivity contribution in [2.45, 2.75) is 52.0 Å². The molecule has 7 heteroatoms. The fourth-order valence-electron chi connectivity index (χ4n) is 2.19. The van der Waals surface area contributed by atoms with E-state index in [-0.39, 0.29) is 18.1 Å². The summed E-state index contributed by atoms with van der Waals surface area (Å²) in [5, 5.41) is 2.53. The van der Waals surface area contributed by atoms with E-state index in [1.165, 1.54) is 28.1 Å². The van der Waals surface area contributed by atoms with Crippen molar-refractivity contribution in [2.75, 3.05) is 14.2 Å². The average Bonchev–Trinajstić information content (AvgIpc) is 2.46. The molecule has 1 amide bonds. The lowest BCUT2D eigenvalue weighted by Crippen LogP contribution is -2.40. The first-order valence-electron chi connectivity index (χ1n) is 7.24. The molecule has 0 saturated heterocycles. The van der Waals surface area contributed by atoms with Crippen molar-refractivity contribution >= 4 is 23.6 Å². The number of ether oxygens (including phenoxy) is 2. The van der Waals surface area contributed by atoms with Crippen molar-refractivity contribution in [3.8, 4) is 0 Å². The number of hydrogen-bond donors (Lipinski definition) is 1. The quantitative estimate of drug-likeness (QED) is 0.477. The minimum atomic E-state index is -0.688. The van der Waals surface area contributed by atoms with E-state index in [2.05, 4.69) is 14.8 Å². The highest BCUT2D eigenvalue weighted by Crippen LogP contribution is 2.17. The average molecular weight is 315 g/mol. The monoisotopic (exact) mass is 315 g/mol. The molecule has 22 heavy (non-hydrogen) atoms. The van der Waals surface area contributed by atoms with E-state index in [0.29, 0.717) is 25.7 Å². The SMILES string of the molecule is COC(=O)[C@H](CCCC[C@H](NC(C)=O)C(=O)OC)CC(C)=O. The molecule has 0 aliphatic heterocycles. The third kappa shape index (κ3) is 8.39. The number of esters is 2. The molecule has 0 aromatic rings. The molecule has 0 bridgehead atoms. The Bertz CT molecular complexity index is 369. The number of carbonyl (C=O) groups excluding carboxylic acids is 4. The van der Waals surface area contributed by atoms with Gasteiger partial charge in [-0.2, -0.15) is 0 Å². The number of ketones is 1. The van der Waals surface area contributed by atoms with E-state index in [4.69, 9.17) is 0 Å². The van der Waals surface area contributed by atoms with Gasteiger partial charge in [0.25, 0.3) is 0 Å². The summed E-state index contributed by atoms with van der Waals surface area (Å²) in [6.07, 6.45) is 2.32. The van der Waals surface area contributed by atoms with E-state index < -0.39 is 23.9 Å². The van der Waals surface area contributed by atoms with Crippen LogP contribution in [0, 0.1) is 5.92 Å². The molecule has 0 radical (unpaired) electrons. The van der Waals surface area contributed by atoms with Crippen molar-refractivity contribution in [3.63, 3.8) is 0 Å². The molecule has 0 aliphatic carbocycles. The first-order valence-corrected chi connectivity index (χ1v) is 7.24. The van der Waals surface area contributed by atoms with Crippen LogP contribution in [0.1, 0.15) is 46.0 Å². The fourth-order valence-corrected chi connectivity index (χ4v) is 2.19. The van der Waals surface area contributed by atoms with Crippen molar-refractivity contribution in [3.05, 3.63) is 0 Å². The predicted molar refractivity (Wildman–Crippen MR) is 78.9 cm³/mol. The van der Waals surface area contributed by atoms with Gasteiger partial charge in [-0.3, -0.25) is 9.59 Å². The largest absolute Gasteiger partial charge is 0.469 e. The number of carbonyl (C=O) groups is 4. The van der Waals surface area contributed by atoms with Gasteiger partial charge in [-0.15, -0.1) is 0 Å². The molecule has 0 spiro atoms. The van der Waals surface area contributed by atoms with Crippen LogP contribution < -0.4 is 5.32 Å². The Morgan fingerprint density at radius 1 is 0.909 bits per heavy atom. The maximum atomic E-state index is 11.6. The number of unbranched alkanes of at least 4 members (excludes halogenated alkanes) is 1. The molecule has 0 heterocycles. The Kier molecular flexibility index (Phi) is 9.82. The van der Waals surface area contributed by atoms with Gasteiger partial charge in [0.05, 0.1) is 20.1 Å². The van der Waals surface area contributed by atoms with Gasteiger partial charge in [0.15, 0.2) is 0 Å². The summed E-state index contributed by atoms with van der Waals surface area (Å²) in [5.74, 6) is -1.73. The van der Waals surface area contributed by atoms with E-state index in [0.717, 1.165) is 0 Å². The fraction of sp³-hybridized carbons (Fsp3) is 0.733. The zero-order valence-corrected chi connectivity index (χ0v) is 13.6. The van der Waals surface area contributed by atoms with Crippen LogP contribution >= 0.6 is 0 Å². The lowest BCUT2D eigenvalue weighted by Gasteiger charge is -2.16. The van der Waals surface area contributed by atoms with Gasteiger partial charge in [-0.1, -0.05) is 12.8 Å². The summed E-state index contributed by atoms with van der Waals surface area (Å²) in [5.41, 5.74) is 0. The molecule has 0 saturated carbocycles. The minimum Gasteiger partial charge on any atom is -0.469 e. The van der Waals surface area contributed by atoms with Crippen molar-refractivity contribution in [1.82, 2.24) is 5.32 Å². The zero-order valence-electron chi connectivity index (χ0n) is 13.6. The molecule has 0 fully saturated rings. The van der Waals surface area contributed by atoms with Crippen LogP contribution in [0.2, 0.25) is 0 Å². The molecule has 0 aliphatic rings. The number of rotatable bonds is 10. The number of nitrogens with one attached hydrogen (secondary N) is 1. The van der Waals surface area contributed by atoms with Crippen LogP contribution in [0.3, 0.4) is 0 Å². The molecule has 0 unspecified atom stereocenters. The molecular weight excluding hydrogens is 290 g/mol. The number of amides is 1. The Labute approximate surface area is 130 Å². The molecule has 0 aromatic heterocycles. The van der Waals surface area contributed by atoms with E-state index in [1.54, 1.807) is 0 Å².